The molecule has 0 aliphatic rings. The molecule has 0 bridgehead atoms. The first-order valence-corrected chi connectivity index (χ1v) is 9.11. The van der Waals surface area contributed by atoms with Crippen LogP contribution in [-0.2, 0) is 0 Å². The molecule has 0 saturated carbocycles. The van der Waals surface area contributed by atoms with Crippen molar-refractivity contribution >= 4 is 28.9 Å². The van der Waals surface area contributed by atoms with Gasteiger partial charge in [0.05, 0.1) is 5.71 Å². The van der Waals surface area contributed by atoms with Gasteiger partial charge in [-0.15, -0.1) is 0 Å². The van der Waals surface area contributed by atoms with Gasteiger partial charge in [0.2, 0.25) is 0 Å². The van der Waals surface area contributed by atoms with E-state index < -0.39 is 0 Å². The summed E-state index contributed by atoms with van der Waals surface area (Å²) in [6.45, 7) is 3.67. The molecule has 146 valence electrons. The molecule has 29 heavy (non-hydrogen) atoms. The molecular formula is C23H22N4O2. The van der Waals surface area contributed by atoms with Crippen LogP contribution in [0.4, 0.5) is 11.4 Å². The number of aryl methyl sites for hydroxylation is 1. The predicted molar refractivity (Wildman–Crippen MR) is 116 cm³/mol. The molecule has 3 aromatic carbocycles. The Kier molecular flexibility index (Phi) is 6.04. The Hall–Kier alpha value is -3.93. The van der Waals surface area contributed by atoms with E-state index in [1.54, 1.807) is 49.4 Å². The summed E-state index contributed by atoms with van der Waals surface area (Å²) in [5.74, 6) is -0.535. The highest BCUT2D eigenvalue weighted by atomic mass is 16.2. The largest absolute Gasteiger partial charge is 0.399 e. The zero-order chi connectivity index (χ0) is 20.8. The average Bonchev–Trinajstić information content (AvgIpc) is 2.72. The molecule has 0 radical (unpaired) electrons. The van der Waals surface area contributed by atoms with E-state index in [1.807, 2.05) is 37.3 Å². The number of benzene rings is 3. The third-order valence-electron chi connectivity index (χ3n) is 4.42. The molecule has 0 aromatic heterocycles. The monoisotopic (exact) mass is 386 g/mol. The van der Waals surface area contributed by atoms with E-state index in [1.165, 1.54) is 0 Å². The third-order valence-corrected chi connectivity index (χ3v) is 4.42. The van der Waals surface area contributed by atoms with E-state index in [-0.39, 0.29) is 11.8 Å². The van der Waals surface area contributed by atoms with Crippen LogP contribution in [0.2, 0.25) is 0 Å². The van der Waals surface area contributed by atoms with Crippen molar-refractivity contribution in [3.63, 3.8) is 0 Å². The first kappa shape index (κ1) is 19.8. The Balaban J connectivity index is 1.63. The van der Waals surface area contributed by atoms with Gasteiger partial charge in [-0.2, -0.15) is 5.10 Å². The predicted octanol–water partition coefficient (Wildman–Crippen LogP) is 3.98. The molecule has 4 N–H and O–H groups in total. The first-order valence-electron chi connectivity index (χ1n) is 9.11. The van der Waals surface area contributed by atoms with E-state index in [2.05, 4.69) is 15.8 Å². The number of hydrogen-bond donors (Lipinski definition) is 3. The zero-order valence-corrected chi connectivity index (χ0v) is 16.3. The number of nitrogens with zero attached hydrogens (tertiary/aromatic N) is 1. The Labute approximate surface area is 169 Å². The second-order valence-electron chi connectivity index (χ2n) is 6.61. The Morgan fingerprint density at radius 3 is 2.28 bits per heavy atom. The lowest BCUT2D eigenvalue weighted by Crippen LogP contribution is -2.19. The van der Waals surface area contributed by atoms with Gasteiger partial charge in [-0.05, 0) is 67.4 Å². The van der Waals surface area contributed by atoms with Gasteiger partial charge < -0.3 is 11.1 Å². The summed E-state index contributed by atoms with van der Waals surface area (Å²) in [6.07, 6.45) is 0. The summed E-state index contributed by atoms with van der Waals surface area (Å²) in [5.41, 5.74) is 13.0. The highest BCUT2D eigenvalue weighted by molar-refractivity contribution is 6.05. The average molecular weight is 386 g/mol. The molecule has 3 aromatic rings. The number of anilines is 2. The fraction of sp³-hybridized carbons (Fsp3) is 0.0870. The minimum absolute atomic E-state index is 0.192. The van der Waals surface area contributed by atoms with Gasteiger partial charge >= 0.3 is 0 Å². The lowest BCUT2D eigenvalue weighted by molar-refractivity contribution is 0.0954. The van der Waals surface area contributed by atoms with E-state index in [4.69, 9.17) is 5.73 Å². The van der Waals surface area contributed by atoms with E-state index in [9.17, 15) is 9.59 Å². The molecule has 6 nitrogen and oxygen atoms in total. The Morgan fingerprint density at radius 2 is 1.59 bits per heavy atom. The normalized spacial score (nSPS) is 11.0. The van der Waals surface area contributed by atoms with Crippen molar-refractivity contribution in [2.24, 2.45) is 5.10 Å². The summed E-state index contributed by atoms with van der Waals surface area (Å²) >= 11 is 0. The molecule has 0 unspecified atom stereocenters. The lowest BCUT2D eigenvalue weighted by Gasteiger charge is -2.08. The smallest absolute Gasteiger partial charge is 0.271 e. The maximum absolute atomic E-state index is 12.4. The van der Waals surface area contributed by atoms with Crippen molar-refractivity contribution in [1.82, 2.24) is 5.43 Å². The van der Waals surface area contributed by atoms with Crippen molar-refractivity contribution in [2.45, 2.75) is 13.8 Å². The maximum Gasteiger partial charge on any atom is 0.271 e. The van der Waals surface area contributed by atoms with Crippen LogP contribution in [0, 0.1) is 6.92 Å². The molecule has 6 heteroatoms. The van der Waals surface area contributed by atoms with Crippen LogP contribution in [0.25, 0.3) is 0 Å². The number of amides is 2. The molecule has 3 rings (SSSR count). The second kappa shape index (κ2) is 8.84. The fourth-order valence-corrected chi connectivity index (χ4v) is 2.76. The molecule has 0 spiro atoms. The molecule has 0 atom stereocenters. The van der Waals surface area contributed by atoms with Crippen molar-refractivity contribution in [3.8, 4) is 0 Å². The lowest BCUT2D eigenvalue weighted by atomic mass is 10.1. The summed E-state index contributed by atoms with van der Waals surface area (Å²) in [5, 5.41) is 6.96. The zero-order valence-electron chi connectivity index (χ0n) is 16.3. The van der Waals surface area contributed by atoms with Crippen LogP contribution < -0.4 is 16.5 Å². The highest BCUT2D eigenvalue weighted by Crippen LogP contribution is 2.14. The minimum Gasteiger partial charge on any atom is -0.399 e. The molecular weight excluding hydrogens is 364 g/mol. The van der Waals surface area contributed by atoms with Gasteiger partial charge in [-0.1, -0.05) is 30.3 Å². The molecule has 0 fully saturated rings. The van der Waals surface area contributed by atoms with Gasteiger partial charge in [0.25, 0.3) is 11.8 Å². The van der Waals surface area contributed by atoms with Gasteiger partial charge in [0.15, 0.2) is 0 Å². The number of hydrogen-bond acceptors (Lipinski definition) is 4. The number of nitrogens with two attached hydrogens (primary N) is 1. The van der Waals surface area contributed by atoms with Crippen molar-refractivity contribution < 1.29 is 9.59 Å². The first-order chi connectivity index (χ1) is 13.9. The second-order valence-corrected chi connectivity index (χ2v) is 6.61. The van der Waals surface area contributed by atoms with E-state index in [0.29, 0.717) is 28.2 Å². The van der Waals surface area contributed by atoms with Crippen molar-refractivity contribution in [3.05, 3.63) is 95.1 Å². The van der Waals surface area contributed by atoms with Gasteiger partial charge in [-0.3, -0.25) is 9.59 Å². The molecule has 0 saturated heterocycles. The topological polar surface area (TPSA) is 96.6 Å². The van der Waals surface area contributed by atoms with Crippen LogP contribution in [0.5, 0.6) is 0 Å². The highest BCUT2D eigenvalue weighted by Gasteiger charge is 2.10. The van der Waals surface area contributed by atoms with Crippen LogP contribution in [0.3, 0.4) is 0 Å². The Bertz CT molecular complexity index is 1070. The number of nitrogens with one attached hydrogen (secondary N) is 2. The summed E-state index contributed by atoms with van der Waals surface area (Å²) in [4.78, 5) is 24.7. The minimum atomic E-state index is -0.343. The quantitative estimate of drug-likeness (QED) is 0.351. The molecule has 0 heterocycles. The fourth-order valence-electron chi connectivity index (χ4n) is 2.76. The molecule has 2 amide bonds. The number of nitrogen functional groups attached to an aromatic ring is 1. The van der Waals surface area contributed by atoms with E-state index >= 15 is 0 Å². The van der Waals surface area contributed by atoms with Crippen LogP contribution in [0.1, 0.15) is 38.8 Å². The Morgan fingerprint density at radius 1 is 0.862 bits per heavy atom. The number of rotatable bonds is 5. The standard InChI is InChI=1S/C23H22N4O2/c1-15-6-3-4-9-21(15)23(29)25-20-12-10-17(11-13-20)22(28)27-26-16(2)18-7-5-8-19(24)14-18/h3-14H,24H2,1-2H3,(H,25,29)(H,27,28)/b26-16+. The summed E-state index contributed by atoms with van der Waals surface area (Å²) in [6, 6.07) is 21.3. The molecule has 0 aliphatic heterocycles. The van der Waals surface area contributed by atoms with Gasteiger partial charge in [0.1, 0.15) is 0 Å². The van der Waals surface area contributed by atoms with Crippen LogP contribution in [0.15, 0.2) is 77.9 Å². The van der Waals surface area contributed by atoms with Crippen LogP contribution in [-0.4, -0.2) is 17.5 Å². The summed E-state index contributed by atoms with van der Waals surface area (Å²) in [7, 11) is 0. The van der Waals surface area contributed by atoms with Crippen molar-refractivity contribution in [2.75, 3.05) is 11.1 Å². The SMILES string of the molecule is C/C(=N\NC(=O)c1ccc(NC(=O)c2ccccc2C)cc1)c1cccc(N)c1. The van der Waals surface area contributed by atoms with Crippen molar-refractivity contribution in [1.29, 1.82) is 0 Å². The molecule has 0 aliphatic carbocycles. The maximum atomic E-state index is 12.4. The van der Waals surface area contributed by atoms with Gasteiger partial charge in [-0.25, -0.2) is 5.43 Å². The number of carbonyl (C=O) groups is 2. The van der Waals surface area contributed by atoms with Crippen LogP contribution >= 0.6 is 0 Å². The third kappa shape index (κ3) is 5.07. The number of hydrazone groups is 1. The summed E-state index contributed by atoms with van der Waals surface area (Å²) < 4.78 is 0. The number of carbonyl (C=O) groups excluding carboxylic acids is 2. The van der Waals surface area contributed by atoms with Gasteiger partial charge in [0, 0.05) is 22.5 Å². The van der Waals surface area contributed by atoms with E-state index in [0.717, 1.165) is 11.1 Å².